The molecule has 0 radical (unpaired) electrons. The standard InChI is InChI=1S/C17H32O2Si/c1-20(2,3)16-14-12-10-8-6-4-5-7-9-11-13-15-17(18)19/h4-13,15H2,1-3H3,(H,18,19). The Morgan fingerprint density at radius 3 is 1.75 bits per heavy atom. The summed E-state index contributed by atoms with van der Waals surface area (Å²) in [5, 5.41) is 8.51. The van der Waals surface area contributed by atoms with E-state index in [0.29, 0.717) is 6.42 Å². The van der Waals surface area contributed by atoms with Gasteiger partial charge in [-0.25, -0.2) is 0 Å². The zero-order chi connectivity index (χ0) is 15.3. The smallest absolute Gasteiger partial charge is 0.303 e. The van der Waals surface area contributed by atoms with E-state index in [4.69, 9.17) is 5.11 Å². The summed E-state index contributed by atoms with van der Waals surface area (Å²) in [4.78, 5) is 10.3. The average Bonchev–Trinajstić information content (AvgIpc) is 2.33. The highest BCUT2D eigenvalue weighted by molar-refractivity contribution is 6.83. The van der Waals surface area contributed by atoms with Crippen LogP contribution in [0.2, 0.25) is 19.6 Å². The first-order valence-corrected chi connectivity index (χ1v) is 11.6. The summed E-state index contributed by atoms with van der Waals surface area (Å²) in [6, 6.07) is 0. The molecule has 0 aliphatic heterocycles. The van der Waals surface area contributed by atoms with Crippen molar-refractivity contribution in [2.75, 3.05) is 0 Å². The van der Waals surface area contributed by atoms with Crippen molar-refractivity contribution in [2.45, 2.75) is 90.3 Å². The molecule has 0 aromatic rings. The van der Waals surface area contributed by atoms with E-state index in [1.165, 1.54) is 44.9 Å². The number of unbranched alkanes of at least 4 members (excludes halogenated alkanes) is 9. The molecule has 116 valence electrons. The highest BCUT2D eigenvalue weighted by Gasteiger charge is 2.06. The molecule has 1 N–H and O–H groups in total. The van der Waals surface area contributed by atoms with Crippen molar-refractivity contribution in [3.8, 4) is 11.5 Å². The summed E-state index contributed by atoms with van der Waals surface area (Å²) in [6.45, 7) is 6.86. The molecule has 0 heterocycles. The van der Waals surface area contributed by atoms with Crippen molar-refractivity contribution < 1.29 is 9.90 Å². The van der Waals surface area contributed by atoms with E-state index >= 15 is 0 Å². The van der Waals surface area contributed by atoms with Gasteiger partial charge in [-0.2, -0.15) is 0 Å². The molecule has 0 fully saturated rings. The van der Waals surface area contributed by atoms with Crippen molar-refractivity contribution in [3.63, 3.8) is 0 Å². The van der Waals surface area contributed by atoms with E-state index in [0.717, 1.165) is 19.3 Å². The van der Waals surface area contributed by atoms with E-state index in [-0.39, 0.29) is 0 Å². The second-order valence-electron chi connectivity index (χ2n) is 6.63. The zero-order valence-corrected chi connectivity index (χ0v) is 14.6. The van der Waals surface area contributed by atoms with Crippen LogP contribution < -0.4 is 0 Å². The van der Waals surface area contributed by atoms with E-state index < -0.39 is 14.0 Å². The van der Waals surface area contributed by atoms with Gasteiger partial charge < -0.3 is 5.11 Å². The monoisotopic (exact) mass is 296 g/mol. The third-order valence-electron chi connectivity index (χ3n) is 3.16. The molecule has 0 saturated heterocycles. The van der Waals surface area contributed by atoms with E-state index in [1.54, 1.807) is 0 Å². The molecule has 0 aliphatic carbocycles. The first-order chi connectivity index (χ1) is 9.42. The normalized spacial score (nSPS) is 10.9. The minimum atomic E-state index is -1.16. The van der Waals surface area contributed by atoms with Gasteiger partial charge in [0.05, 0.1) is 0 Å². The van der Waals surface area contributed by atoms with Gasteiger partial charge in [-0.15, -0.1) is 11.5 Å². The molecule has 0 rings (SSSR count). The summed E-state index contributed by atoms with van der Waals surface area (Å²) in [5.74, 6) is 2.66. The van der Waals surface area contributed by atoms with Crippen molar-refractivity contribution in [1.29, 1.82) is 0 Å². The molecule has 0 aliphatic rings. The van der Waals surface area contributed by atoms with Gasteiger partial charge in [-0.1, -0.05) is 64.6 Å². The summed E-state index contributed by atoms with van der Waals surface area (Å²) in [7, 11) is -1.16. The number of carboxylic acid groups (broad SMARTS) is 1. The molecule has 0 atom stereocenters. The van der Waals surface area contributed by atoms with E-state index in [9.17, 15) is 4.79 Å². The summed E-state index contributed by atoms with van der Waals surface area (Å²) in [5.41, 5.74) is 3.41. The quantitative estimate of drug-likeness (QED) is 0.321. The van der Waals surface area contributed by atoms with Crippen LogP contribution in [0.3, 0.4) is 0 Å². The molecule has 2 nitrogen and oxygen atoms in total. The summed E-state index contributed by atoms with van der Waals surface area (Å²) < 4.78 is 0. The lowest BCUT2D eigenvalue weighted by Crippen LogP contribution is -2.16. The Hall–Kier alpha value is -0.753. The number of rotatable bonds is 11. The minimum absolute atomic E-state index is 0.332. The van der Waals surface area contributed by atoms with Crippen LogP contribution in [0.1, 0.15) is 70.6 Å². The fourth-order valence-electron chi connectivity index (χ4n) is 2.05. The minimum Gasteiger partial charge on any atom is -0.481 e. The molecular formula is C17H32O2Si. The Labute approximate surface area is 126 Å². The summed E-state index contributed by atoms with van der Waals surface area (Å²) >= 11 is 0. The third kappa shape index (κ3) is 17.2. The highest BCUT2D eigenvalue weighted by Crippen LogP contribution is 2.11. The molecule has 0 aromatic carbocycles. The first kappa shape index (κ1) is 19.2. The zero-order valence-electron chi connectivity index (χ0n) is 13.6. The van der Waals surface area contributed by atoms with Crippen molar-refractivity contribution in [1.82, 2.24) is 0 Å². The number of hydrogen-bond donors (Lipinski definition) is 1. The predicted octanol–water partition coefficient (Wildman–Crippen LogP) is 5.24. The lowest BCUT2D eigenvalue weighted by Gasteiger charge is -2.03. The number of aliphatic carboxylic acids is 1. The van der Waals surface area contributed by atoms with Crippen LogP contribution in [0.4, 0.5) is 0 Å². The van der Waals surface area contributed by atoms with Crippen LogP contribution in [0.5, 0.6) is 0 Å². The Morgan fingerprint density at radius 1 is 0.850 bits per heavy atom. The number of carbonyl (C=O) groups is 1. The van der Waals surface area contributed by atoms with Gasteiger partial charge in [0.1, 0.15) is 8.07 Å². The molecule has 0 bridgehead atoms. The lowest BCUT2D eigenvalue weighted by molar-refractivity contribution is -0.137. The Bertz CT molecular complexity index is 307. The van der Waals surface area contributed by atoms with Crippen molar-refractivity contribution >= 4 is 14.0 Å². The third-order valence-corrected chi connectivity index (χ3v) is 4.08. The predicted molar refractivity (Wildman–Crippen MR) is 89.5 cm³/mol. The maximum Gasteiger partial charge on any atom is 0.303 e. The van der Waals surface area contributed by atoms with E-state index in [1.807, 2.05) is 0 Å². The van der Waals surface area contributed by atoms with E-state index in [2.05, 4.69) is 31.1 Å². The molecule has 0 aromatic heterocycles. The van der Waals surface area contributed by atoms with Crippen LogP contribution in [0.15, 0.2) is 0 Å². The van der Waals surface area contributed by atoms with Gasteiger partial charge in [-0.05, 0) is 12.8 Å². The van der Waals surface area contributed by atoms with Gasteiger partial charge in [0.15, 0.2) is 0 Å². The maximum absolute atomic E-state index is 10.3. The number of carboxylic acids is 1. The molecule has 0 saturated carbocycles. The lowest BCUT2D eigenvalue weighted by atomic mass is 10.1. The second kappa shape index (κ2) is 12.0. The Kier molecular flexibility index (Phi) is 11.6. The number of hydrogen-bond acceptors (Lipinski definition) is 1. The van der Waals surface area contributed by atoms with Crippen LogP contribution in [0.25, 0.3) is 0 Å². The van der Waals surface area contributed by atoms with Gasteiger partial charge in [0.2, 0.25) is 0 Å². The van der Waals surface area contributed by atoms with Gasteiger partial charge in [0, 0.05) is 12.8 Å². The Morgan fingerprint density at radius 2 is 1.30 bits per heavy atom. The fourth-order valence-corrected chi connectivity index (χ4v) is 2.71. The average molecular weight is 297 g/mol. The molecule has 3 heteroatoms. The van der Waals surface area contributed by atoms with Gasteiger partial charge >= 0.3 is 5.97 Å². The molecule has 0 spiro atoms. The van der Waals surface area contributed by atoms with Crippen LogP contribution in [0, 0.1) is 11.5 Å². The maximum atomic E-state index is 10.3. The molecule has 0 amide bonds. The molecule has 20 heavy (non-hydrogen) atoms. The van der Waals surface area contributed by atoms with Crippen molar-refractivity contribution in [2.24, 2.45) is 0 Å². The first-order valence-electron chi connectivity index (χ1n) is 8.13. The second-order valence-corrected chi connectivity index (χ2v) is 11.4. The molecule has 0 unspecified atom stereocenters. The fraction of sp³-hybridized carbons (Fsp3) is 0.824. The summed E-state index contributed by atoms with van der Waals surface area (Å²) in [6.07, 6.45) is 12.2. The highest BCUT2D eigenvalue weighted by atomic mass is 28.3. The molecular weight excluding hydrogens is 264 g/mol. The van der Waals surface area contributed by atoms with Crippen LogP contribution >= 0.6 is 0 Å². The largest absolute Gasteiger partial charge is 0.481 e. The van der Waals surface area contributed by atoms with Crippen LogP contribution in [-0.2, 0) is 4.79 Å². The van der Waals surface area contributed by atoms with Gasteiger partial charge in [0.25, 0.3) is 0 Å². The van der Waals surface area contributed by atoms with Gasteiger partial charge in [-0.3, -0.25) is 4.79 Å². The SMILES string of the molecule is C[Si](C)(C)C#CCCCCCCCCCCCC(=O)O. The van der Waals surface area contributed by atoms with Crippen molar-refractivity contribution in [3.05, 3.63) is 0 Å². The topological polar surface area (TPSA) is 37.3 Å². The van der Waals surface area contributed by atoms with Crippen LogP contribution in [-0.4, -0.2) is 19.1 Å². The Balaban J connectivity index is 3.17.